The summed E-state index contributed by atoms with van der Waals surface area (Å²) in [7, 11) is 0. The molecular weight excluding hydrogens is 346 g/mol. The van der Waals surface area contributed by atoms with E-state index in [0.29, 0.717) is 29.0 Å². The number of carbonyl (C=O) groups is 4. The van der Waals surface area contributed by atoms with Crippen molar-refractivity contribution in [3.63, 3.8) is 0 Å². The number of amides is 3. The zero-order valence-corrected chi connectivity index (χ0v) is 15.0. The van der Waals surface area contributed by atoms with Crippen LogP contribution in [0.2, 0.25) is 0 Å². The molecule has 7 heteroatoms. The van der Waals surface area contributed by atoms with Gasteiger partial charge in [-0.3, -0.25) is 24.1 Å². The zero-order valence-electron chi connectivity index (χ0n) is 15.0. The average molecular weight is 365 g/mol. The van der Waals surface area contributed by atoms with Crippen LogP contribution in [0.4, 0.5) is 17.1 Å². The average Bonchev–Trinajstić information content (AvgIpc) is 2.89. The fourth-order valence-electron chi connectivity index (χ4n) is 3.07. The molecule has 1 aliphatic rings. The van der Waals surface area contributed by atoms with Crippen LogP contribution in [0.3, 0.4) is 0 Å². The van der Waals surface area contributed by atoms with E-state index in [1.54, 1.807) is 55.5 Å². The van der Waals surface area contributed by atoms with Crippen LogP contribution in [0.1, 0.15) is 30.6 Å². The van der Waals surface area contributed by atoms with Crippen molar-refractivity contribution < 1.29 is 19.2 Å². The van der Waals surface area contributed by atoms with Crippen molar-refractivity contribution >= 4 is 40.6 Å². The van der Waals surface area contributed by atoms with Gasteiger partial charge in [-0.25, -0.2) is 0 Å². The molecule has 2 N–H and O–H groups in total. The minimum absolute atomic E-state index is 0.186. The van der Waals surface area contributed by atoms with Gasteiger partial charge in [-0.1, -0.05) is 19.1 Å². The monoisotopic (exact) mass is 365 g/mol. The number of Topliss-reactive ketones (excluding diaryl/α,β-unsaturated/α-hetero) is 1. The number of rotatable bonds is 5. The maximum atomic E-state index is 12.8. The molecule has 7 nitrogen and oxygen atoms in total. The summed E-state index contributed by atoms with van der Waals surface area (Å²) >= 11 is 0. The van der Waals surface area contributed by atoms with Gasteiger partial charge in [-0.15, -0.1) is 0 Å². The molecule has 1 atom stereocenters. The molecular formula is C20H19N3O4. The summed E-state index contributed by atoms with van der Waals surface area (Å²) in [5.41, 5.74) is 1.91. The van der Waals surface area contributed by atoms with Crippen LogP contribution >= 0.6 is 0 Å². The molecule has 2 aromatic carbocycles. The van der Waals surface area contributed by atoms with Crippen molar-refractivity contribution in [2.24, 2.45) is 0 Å². The second-order valence-corrected chi connectivity index (χ2v) is 6.19. The van der Waals surface area contributed by atoms with Crippen LogP contribution in [-0.4, -0.2) is 29.5 Å². The third-order valence-electron chi connectivity index (χ3n) is 4.30. The van der Waals surface area contributed by atoms with Crippen molar-refractivity contribution in [1.29, 1.82) is 0 Å². The van der Waals surface area contributed by atoms with Gasteiger partial charge in [0.25, 0.3) is 11.7 Å². The van der Waals surface area contributed by atoms with Crippen LogP contribution in [-0.2, 0) is 14.4 Å². The van der Waals surface area contributed by atoms with E-state index in [0.717, 1.165) is 0 Å². The highest BCUT2D eigenvalue weighted by Gasteiger charge is 2.41. The van der Waals surface area contributed by atoms with Gasteiger partial charge in [0.2, 0.25) is 11.8 Å². The van der Waals surface area contributed by atoms with E-state index >= 15 is 0 Å². The Labute approximate surface area is 156 Å². The van der Waals surface area contributed by atoms with E-state index < -0.39 is 17.7 Å². The normalized spacial score (nSPS) is 13.9. The molecule has 27 heavy (non-hydrogen) atoms. The summed E-state index contributed by atoms with van der Waals surface area (Å²) < 4.78 is 0. The number of benzene rings is 2. The van der Waals surface area contributed by atoms with Crippen LogP contribution in [0.25, 0.3) is 0 Å². The predicted octanol–water partition coefficient (Wildman–Crippen LogP) is 2.59. The fourth-order valence-corrected chi connectivity index (χ4v) is 3.07. The Morgan fingerprint density at radius 3 is 2.15 bits per heavy atom. The van der Waals surface area contributed by atoms with Gasteiger partial charge in [-0.2, -0.15) is 0 Å². The smallest absolute Gasteiger partial charge is 0.300 e. The van der Waals surface area contributed by atoms with Crippen LogP contribution in [0.15, 0.2) is 48.5 Å². The van der Waals surface area contributed by atoms with Crippen LogP contribution < -0.4 is 15.5 Å². The summed E-state index contributed by atoms with van der Waals surface area (Å²) in [5.74, 6) is -1.87. The van der Waals surface area contributed by atoms with E-state index in [2.05, 4.69) is 10.6 Å². The molecule has 0 aromatic heterocycles. The lowest BCUT2D eigenvalue weighted by Gasteiger charge is -2.26. The molecule has 0 fully saturated rings. The minimum Gasteiger partial charge on any atom is -0.326 e. The first kappa shape index (κ1) is 18.3. The Hall–Kier alpha value is -3.48. The number of para-hydroxylation sites is 1. The summed E-state index contributed by atoms with van der Waals surface area (Å²) in [6.45, 7) is 3.19. The lowest BCUT2D eigenvalue weighted by Crippen LogP contribution is -2.46. The lowest BCUT2D eigenvalue weighted by molar-refractivity contribution is -0.121. The van der Waals surface area contributed by atoms with E-state index in [-0.39, 0.29) is 11.8 Å². The minimum atomic E-state index is -0.805. The third-order valence-corrected chi connectivity index (χ3v) is 4.30. The zero-order chi connectivity index (χ0) is 19.6. The summed E-state index contributed by atoms with van der Waals surface area (Å²) in [4.78, 5) is 49.7. The molecule has 0 bridgehead atoms. The fraction of sp³-hybridized carbons (Fsp3) is 0.200. The summed E-state index contributed by atoms with van der Waals surface area (Å²) in [5, 5.41) is 5.40. The molecule has 3 amide bonds. The molecule has 0 saturated heterocycles. The van der Waals surface area contributed by atoms with Gasteiger partial charge in [0.1, 0.15) is 6.04 Å². The predicted molar refractivity (Wildman–Crippen MR) is 102 cm³/mol. The molecule has 2 aromatic rings. The molecule has 3 rings (SSSR count). The highest BCUT2D eigenvalue weighted by Crippen LogP contribution is 2.31. The molecule has 1 aliphatic heterocycles. The quantitative estimate of drug-likeness (QED) is 0.796. The molecule has 0 radical (unpaired) electrons. The van der Waals surface area contributed by atoms with Crippen molar-refractivity contribution in [2.45, 2.75) is 26.3 Å². The summed E-state index contributed by atoms with van der Waals surface area (Å²) in [6, 6.07) is 12.5. The molecule has 0 aliphatic carbocycles. The number of nitrogens with zero attached hydrogens (tertiary/aromatic N) is 1. The Morgan fingerprint density at radius 2 is 1.56 bits per heavy atom. The number of fused-ring (bicyclic) bond motifs is 1. The number of nitrogens with one attached hydrogen (secondary N) is 2. The van der Waals surface area contributed by atoms with E-state index in [1.165, 1.54) is 11.8 Å². The van der Waals surface area contributed by atoms with Crippen molar-refractivity contribution in [3.8, 4) is 0 Å². The first-order valence-corrected chi connectivity index (χ1v) is 8.57. The maximum absolute atomic E-state index is 12.8. The van der Waals surface area contributed by atoms with Gasteiger partial charge >= 0.3 is 0 Å². The van der Waals surface area contributed by atoms with Gasteiger partial charge in [0.05, 0.1) is 11.3 Å². The highest BCUT2D eigenvalue weighted by atomic mass is 16.2. The van der Waals surface area contributed by atoms with Gasteiger partial charge < -0.3 is 10.6 Å². The molecule has 1 heterocycles. The van der Waals surface area contributed by atoms with Crippen molar-refractivity contribution in [3.05, 3.63) is 54.1 Å². The molecule has 0 spiro atoms. The molecule has 0 saturated carbocycles. The first-order chi connectivity index (χ1) is 12.9. The second-order valence-electron chi connectivity index (χ2n) is 6.19. The molecule has 1 unspecified atom stereocenters. The largest absolute Gasteiger partial charge is 0.326 e. The SMILES string of the molecule is CCC(C(=O)Nc1ccc(NC(C)=O)cc1)N1C(=O)C(=O)c2ccccc21. The number of carbonyl (C=O) groups excluding carboxylic acids is 4. The van der Waals surface area contributed by atoms with Crippen molar-refractivity contribution in [2.75, 3.05) is 15.5 Å². The van der Waals surface area contributed by atoms with Gasteiger partial charge in [-0.05, 0) is 42.8 Å². The second kappa shape index (κ2) is 7.41. The number of hydrogen-bond acceptors (Lipinski definition) is 4. The topological polar surface area (TPSA) is 95.6 Å². The Balaban J connectivity index is 1.80. The molecule has 138 valence electrons. The standard InChI is InChI=1S/C20H19N3O4/c1-3-16(23-17-7-5-4-6-15(17)18(25)20(23)27)19(26)22-14-10-8-13(9-11-14)21-12(2)24/h4-11,16H,3H2,1-2H3,(H,21,24)(H,22,26). The van der Waals surface area contributed by atoms with E-state index in [1.807, 2.05) is 0 Å². The lowest BCUT2D eigenvalue weighted by atomic mass is 10.1. The number of ketones is 1. The number of hydrogen-bond donors (Lipinski definition) is 2. The van der Waals surface area contributed by atoms with Gasteiger partial charge in [0, 0.05) is 18.3 Å². The van der Waals surface area contributed by atoms with Crippen LogP contribution in [0.5, 0.6) is 0 Å². The van der Waals surface area contributed by atoms with E-state index in [9.17, 15) is 19.2 Å². The van der Waals surface area contributed by atoms with E-state index in [4.69, 9.17) is 0 Å². The Bertz CT molecular complexity index is 921. The maximum Gasteiger partial charge on any atom is 0.300 e. The van der Waals surface area contributed by atoms with Crippen LogP contribution in [0, 0.1) is 0 Å². The van der Waals surface area contributed by atoms with Crippen molar-refractivity contribution in [1.82, 2.24) is 0 Å². The first-order valence-electron chi connectivity index (χ1n) is 8.57. The Kier molecular flexibility index (Phi) is 5.03. The summed E-state index contributed by atoms with van der Waals surface area (Å²) in [6.07, 6.45) is 0.350. The Morgan fingerprint density at radius 1 is 0.963 bits per heavy atom. The van der Waals surface area contributed by atoms with Gasteiger partial charge in [0.15, 0.2) is 0 Å². The number of anilines is 3. The highest BCUT2D eigenvalue weighted by molar-refractivity contribution is 6.52. The third kappa shape index (κ3) is 3.57.